The summed E-state index contributed by atoms with van der Waals surface area (Å²) in [5, 5.41) is 8.05. The number of carbonyl (C=O) groups is 2. The lowest BCUT2D eigenvalue weighted by molar-refractivity contribution is -0.137. The Hall–Kier alpha value is -2.48. The summed E-state index contributed by atoms with van der Waals surface area (Å²) < 4.78 is 6.80. The van der Waals surface area contributed by atoms with Crippen LogP contribution in [0.15, 0.2) is 40.9 Å². The van der Waals surface area contributed by atoms with E-state index in [1.54, 1.807) is 4.90 Å². The molecule has 2 amide bonds. The second-order valence-electron chi connectivity index (χ2n) is 7.54. The van der Waals surface area contributed by atoms with Gasteiger partial charge in [0.2, 0.25) is 17.7 Å². The van der Waals surface area contributed by atoms with Gasteiger partial charge in [-0.3, -0.25) is 9.59 Å². The molecule has 152 valence electrons. The molecule has 1 aromatic carbocycles. The maximum Gasteiger partial charge on any atom is 0.233 e. The van der Waals surface area contributed by atoms with Crippen molar-refractivity contribution in [1.29, 1.82) is 0 Å². The summed E-state index contributed by atoms with van der Waals surface area (Å²) in [5.41, 5.74) is 1.67. The van der Waals surface area contributed by atoms with E-state index in [1.807, 2.05) is 48.2 Å². The molecule has 1 atom stereocenters. The van der Waals surface area contributed by atoms with E-state index in [1.165, 1.54) is 0 Å². The van der Waals surface area contributed by atoms with Crippen molar-refractivity contribution < 1.29 is 14.3 Å². The number of hydrogen-bond acceptors (Lipinski definition) is 5. The average molecular weight is 459 g/mol. The van der Waals surface area contributed by atoms with Crippen LogP contribution in [0.3, 0.4) is 0 Å². The van der Waals surface area contributed by atoms with Gasteiger partial charge in [0.05, 0.1) is 11.6 Å². The summed E-state index contributed by atoms with van der Waals surface area (Å²) in [6, 6.07) is 11.3. The molecular formula is C21H23BrN4O3. The van der Waals surface area contributed by atoms with Crippen molar-refractivity contribution in [2.45, 2.75) is 32.3 Å². The molecule has 8 heteroatoms. The highest BCUT2D eigenvalue weighted by Crippen LogP contribution is 2.29. The fourth-order valence-corrected chi connectivity index (χ4v) is 4.23. The number of piperidine rings is 1. The number of rotatable bonds is 4. The van der Waals surface area contributed by atoms with Gasteiger partial charge in [0.25, 0.3) is 0 Å². The van der Waals surface area contributed by atoms with Gasteiger partial charge in [-0.05, 0) is 31.2 Å². The van der Waals surface area contributed by atoms with Gasteiger partial charge in [0.1, 0.15) is 6.10 Å². The number of nitrogens with zero attached hydrogens (tertiary/aromatic N) is 4. The van der Waals surface area contributed by atoms with Crippen molar-refractivity contribution in [3.05, 3.63) is 46.6 Å². The first kappa shape index (κ1) is 19.8. The van der Waals surface area contributed by atoms with E-state index in [2.05, 4.69) is 26.1 Å². The predicted molar refractivity (Wildman–Crippen MR) is 112 cm³/mol. The normalized spacial score (nSPS) is 20.2. The molecular weight excluding hydrogens is 436 g/mol. The Kier molecular flexibility index (Phi) is 5.80. The van der Waals surface area contributed by atoms with Gasteiger partial charge in [-0.15, -0.1) is 5.10 Å². The van der Waals surface area contributed by atoms with Crippen molar-refractivity contribution in [3.63, 3.8) is 0 Å². The maximum absolute atomic E-state index is 13.0. The average Bonchev–Trinajstić information content (AvgIpc) is 3.11. The van der Waals surface area contributed by atoms with E-state index >= 15 is 0 Å². The zero-order valence-corrected chi connectivity index (χ0v) is 17.8. The fraction of sp³-hybridized carbons (Fsp3) is 0.429. The molecule has 0 radical (unpaired) electrons. The lowest BCUT2D eigenvalue weighted by atomic mass is 10.0. The molecule has 2 fully saturated rings. The van der Waals surface area contributed by atoms with Crippen LogP contribution in [0.25, 0.3) is 0 Å². The number of amides is 2. The Balaban J connectivity index is 1.31. The Morgan fingerprint density at radius 3 is 2.66 bits per heavy atom. The van der Waals surface area contributed by atoms with Crippen LogP contribution in [0.5, 0.6) is 5.88 Å². The summed E-state index contributed by atoms with van der Waals surface area (Å²) in [6.45, 7) is 3.57. The van der Waals surface area contributed by atoms with Gasteiger partial charge in [-0.2, -0.15) is 5.10 Å². The third kappa shape index (κ3) is 4.58. The van der Waals surface area contributed by atoms with E-state index in [-0.39, 0.29) is 30.3 Å². The molecule has 2 aliphatic rings. The smallest absolute Gasteiger partial charge is 0.233 e. The van der Waals surface area contributed by atoms with Gasteiger partial charge in [0.15, 0.2) is 0 Å². The summed E-state index contributed by atoms with van der Waals surface area (Å²) >= 11 is 3.44. The topological polar surface area (TPSA) is 75.6 Å². The largest absolute Gasteiger partial charge is 0.473 e. The highest BCUT2D eigenvalue weighted by Gasteiger charge is 2.38. The molecule has 2 saturated heterocycles. The summed E-state index contributed by atoms with van der Waals surface area (Å²) in [6.07, 6.45) is 1.79. The maximum atomic E-state index is 13.0. The molecule has 0 spiro atoms. The minimum absolute atomic E-state index is 0.00221. The Labute approximate surface area is 178 Å². The third-order valence-corrected chi connectivity index (χ3v) is 5.90. The molecule has 29 heavy (non-hydrogen) atoms. The second-order valence-corrected chi connectivity index (χ2v) is 8.46. The van der Waals surface area contributed by atoms with Crippen LogP contribution in [0.4, 0.5) is 5.69 Å². The number of hydrogen-bond donors (Lipinski definition) is 0. The van der Waals surface area contributed by atoms with Crippen LogP contribution in [-0.4, -0.2) is 52.6 Å². The lowest BCUT2D eigenvalue weighted by Crippen LogP contribution is -2.45. The third-order valence-electron chi connectivity index (χ3n) is 5.41. The predicted octanol–water partition coefficient (Wildman–Crippen LogP) is 2.97. The number of aryl methyl sites for hydroxylation is 1. The molecule has 0 N–H and O–H groups in total. The minimum atomic E-state index is -0.290. The van der Waals surface area contributed by atoms with Gasteiger partial charge in [-0.25, -0.2) is 0 Å². The zero-order valence-electron chi connectivity index (χ0n) is 16.3. The van der Waals surface area contributed by atoms with Crippen LogP contribution in [0, 0.1) is 12.8 Å². The van der Waals surface area contributed by atoms with Crippen molar-refractivity contribution in [3.8, 4) is 5.88 Å². The van der Waals surface area contributed by atoms with Crippen LogP contribution in [-0.2, 0) is 9.59 Å². The van der Waals surface area contributed by atoms with E-state index < -0.39 is 0 Å². The highest BCUT2D eigenvalue weighted by atomic mass is 79.9. The first-order valence-electron chi connectivity index (χ1n) is 9.81. The molecule has 1 unspecified atom stereocenters. The number of halogens is 1. The number of benzene rings is 1. The van der Waals surface area contributed by atoms with E-state index in [9.17, 15) is 9.59 Å². The van der Waals surface area contributed by atoms with Crippen LogP contribution in [0.1, 0.15) is 25.0 Å². The molecule has 0 aliphatic carbocycles. The van der Waals surface area contributed by atoms with Crippen LogP contribution >= 0.6 is 15.9 Å². The molecule has 7 nitrogen and oxygen atoms in total. The van der Waals surface area contributed by atoms with E-state index in [0.29, 0.717) is 25.5 Å². The molecule has 0 bridgehead atoms. The number of aromatic nitrogens is 2. The highest BCUT2D eigenvalue weighted by molar-refractivity contribution is 9.10. The van der Waals surface area contributed by atoms with Gasteiger partial charge >= 0.3 is 0 Å². The first-order chi connectivity index (χ1) is 14.0. The summed E-state index contributed by atoms with van der Waals surface area (Å²) in [5.74, 6) is 0.287. The molecule has 0 saturated carbocycles. The van der Waals surface area contributed by atoms with Gasteiger partial charge in [0, 0.05) is 55.1 Å². The fourth-order valence-electron chi connectivity index (χ4n) is 3.84. The Morgan fingerprint density at radius 2 is 1.97 bits per heavy atom. The number of carbonyl (C=O) groups excluding carboxylic acids is 2. The summed E-state index contributed by atoms with van der Waals surface area (Å²) in [4.78, 5) is 29.0. The lowest BCUT2D eigenvalue weighted by Gasteiger charge is -2.33. The van der Waals surface area contributed by atoms with E-state index in [4.69, 9.17) is 4.74 Å². The molecule has 2 aromatic rings. The Bertz CT molecular complexity index is 897. The van der Waals surface area contributed by atoms with Crippen molar-refractivity contribution in [2.75, 3.05) is 24.5 Å². The Morgan fingerprint density at radius 1 is 1.17 bits per heavy atom. The summed E-state index contributed by atoms with van der Waals surface area (Å²) in [7, 11) is 0. The molecule has 1 aromatic heterocycles. The molecule has 4 rings (SSSR count). The van der Waals surface area contributed by atoms with Crippen LogP contribution < -0.4 is 9.64 Å². The van der Waals surface area contributed by atoms with Crippen molar-refractivity contribution in [2.24, 2.45) is 5.92 Å². The first-order valence-corrected chi connectivity index (χ1v) is 10.6. The SMILES string of the molecule is Cc1ccc(OC2CCN(C(=O)C3CC(=O)N(c4cccc(Br)c4)C3)CC2)nn1. The van der Waals surface area contributed by atoms with Crippen molar-refractivity contribution in [1.82, 2.24) is 15.1 Å². The van der Waals surface area contributed by atoms with E-state index in [0.717, 1.165) is 28.7 Å². The van der Waals surface area contributed by atoms with Crippen LogP contribution in [0.2, 0.25) is 0 Å². The quantitative estimate of drug-likeness (QED) is 0.703. The monoisotopic (exact) mass is 458 g/mol. The second kappa shape index (κ2) is 8.49. The van der Waals surface area contributed by atoms with Crippen molar-refractivity contribution >= 4 is 33.4 Å². The van der Waals surface area contributed by atoms with Gasteiger partial charge < -0.3 is 14.5 Å². The zero-order chi connectivity index (χ0) is 20.4. The number of ether oxygens (including phenoxy) is 1. The number of anilines is 1. The molecule has 2 aliphatic heterocycles. The number of likely N-dealkylation sites (tertiary alicyclic amines) is 1. The standard InChI is InChI=1S/C21H23BrN4O3/c1-14-5-6-19(24-23-14)29-18-7-9-25(10-8-18)21(28)15-11-20(27)26(13-15)17-4-2-3-16(22)12-17/h2-6,12,15,18H,7-11,13H2,1H3. The minimum Gasteiger partial charge on any atom is -0.473 e. The molecule has 3 heterocycles. The van der Waals surface area contributed by atoms with Gasteiger partial charge in [-0.1, -0.05) is 22.0 Å².